The molecule has 162 valence electrons. The Morgan fingerprint density at radius 3 is 2.23 bits per heavy atom. The first kappa shape index (κ1) is 23.3. The highest BCUT2D eigenvalue weighted by Gasteiger charge is 2.28. The third kappa shape index (κ3) is 6.80. The highest BCUT2D eigenvalue weighted by molar-refractivity contribution is 5.95. The molecule has 0 bridgehead atoms. The molecule has 0 unspecified atom stereocenters. The van der Waals surface area contributed by atoms with Gasteiger partial charge < -0.3 is 10.6 Å². The third-order valence-electron chi connectivity index (χ3n) is 4.33. The number of likely N-dealkylation sites (N-methyl/N-ethyl adjacent to an activating group) is 1. The van der Waals surface area contributed by atoms with Crippen LogP contribution in [0.25, 0.3) is 0 Å². The number of rotatable bonds is 7. The van der Waals surface area contributed by atoms with E-state index in [1.807, 2.05) is 0 Å². The van der Waals surface area contributed by atoms with Crippen LogP contribution in [0.1, 0.15) is 22.8 Å². The first-order valence-corrected chi connectivity index (χ1v) is 8.86. The van der Waals surface area contributed by atoms with Crippen molar-refractivity contribution in [1.82, 2.24) is 10.2 Å². The summed E-state index contributed by atoms with van der Waals surface area (Å²) in [5.74, 6) is -3.37. The van der Waals surface area contributed by atoms with Gasteiger partial charge in [-0.15, -0.1) is 0 Å². The number of anilines is 1. The average Bonchev–Trinajstić information content (AvgIpc) is 2.68. The summed E-state index contributed by atoms with van der Waals surface area (Å²) >= 11 is 0. The summed E-state index contributed by atoms with van der Waals surface area (Å²) in [6.45, 7) is 0.506. The summed E-state index contributed by atoms with van der Waals surface area (Å²) in [5, 5.41) is 4.28. The molecule has 0 aliphatic rings. The molecule has 0 saturated heterocycles. The minimum Gasteiger partial charge on any atom is -0.343 e. The molecule has 10 heteroatoms. The molecule has 0 aliphatic heterocycles. The second kappa shape index (κ2) is 9.66. The van der Waals surface area contributed by atoms with Gasteiger partial charge in [0.15, 0.2) is 11.6 Å². The van der Waals surface area contributed by atoms with E-state index in [-0.39, 0.29) is 11.3 Å². The fourth-order valence-corrected chi connectivity index (χ4v) is 2.49. The molecule has 5 nitrogen and oxygen atoms in total. The van der Waals surface area contributed by atoms with Crippen molar-refractivity contribution in [2.45, 2.75) is 25.7 Å². The number of benzene rings is 2. The Balaban J connectivity index is 1.92. The monoisotopic (exact) mass is 429 g/mol. The summed E-state index contributed by atoms with van der Waals surface area (Å²) in [6, 6.07) is 8.31. The van der Waals surface area contributed by atoms with Crippen LogP contribution in [-0.2, 0) is 11.3 Å². The minimum atomic E-state index is -4.49. The average molecular weight is 429 g/mol. The van der Waals surface area contributed by atoms with Crippen molar-refractivity contribution in [3.8, 4) is 0 Å². The van der Waals surface area contributed by atoms with Crippen molar-refractivity contribution in [2.75, 3.05) is 18.9 Å². The van der Waals surface area contributed by atoms with Crippen LogP contribution in [0, 0.1) is 11.6 Å². The van der Waals surface area contributed by atoms with Crippen LogP contribution in [0.4, 0.5) is 27.6 Å². The van der Waals surface area contributed by atoms with E-state index in [1.165, 1.54) is 18.2 Å². The molecule has 0 fully saturated rings. The SMILES string of the molecule is C[C@@H](C(=O)Nc1ccc(F)c(F)c1)N(C)Cc1ccc(C(=O)NCC(F)(F)F)cc1. The normalized spacial score (nSPS) is 12.5. The summed E-state index contributed by atoms with van der Waals surface area (Å²) in [7, 11) is 1.67. The van der Waals surface area contributed by atoms with E-state index in [4.69, 9.17) is 0 Å². The third-order valence-corrected chi connectivity index (χ3v) is 4.33. The van der Waals surface area contributed by atoms with Gasteiger partial charge in [0.05, 0.1) is 6.04 Å². The van der Waals surface area contributed by atoms with Crippen LogP contribution < -0.4 is 10.6 Å². The molecular formula is C20H20F5N3O2. The van der Waals surface area contributed by atoms with Crippen LogP contribution in [-0.4, -0.2) is 42.5 Å². The molecule has 0 spiro atoms. The molecule has 1 atom stereocenters. The lowest BCUT2D eigenvalue weighted by Crippen LogP contribution is -2.39. The first-order chi connectivity index (χ1) is 14.0. The number of hydrogen-bond acceptors (Lipinski definition) is 3. The van der Waals surface area contributed by atoms with Gasteiger partial charge in [0.25, 0.3) is 5.91 Å². The molecule has 2 aromatic rings. The number of halogens is 5. The van der Waals surface area contributed by atoms with Crippen LogP contribution >= 0.6 is 0 Å². The topological polar surface area (TPSA) is 61.4 Å². The zero-order valence-electron chi connectivity index (χ0n) is 16.2. The quantitative estimate of drug-likeness (QED) is 0.660. The number of hydrogen-bond donors (Lipinski definition) is 2. The second-order valence-corrected chi connectivity index (χ2v) is 6.70. The molecule has 0 heterocycles. The van der Waals surface area contributed by atoms with Gasteiger partial charge in [-0.25, -0.2) is 8.78 Å². The maximum atomic E-state index is 13.3. The van der Waals surface area contributed by atoms with E-state index >= 15 is 0 Å². The second-order valence-electron chi connectivity index (χ2n) is 6.70. The lowest BCUT2D eigenvalue weighted by atomic mass is 10.1. The fraction of sp³-hybridized carbons (Fsp3) is 0.300. The van der Waals surface area contributed by atoms with Gasteiger partial charge in [-0.3, -0.25) is 14.5 Å². The largest absolute Gasteiger partial charge is 0.405 e. The van der Waals surface area contributed by atoms with E-state index in [0.717, 1.165) is 17.7 Å². The Labute approximate surface area is 169 Å². The maximum Gasteiger partial charge on any atom is 0.405 e. The van der Waals surface area contributed by atoms with Gasteiger partial charge in [-0.05, 0) is 43.8 Å². The van der Waals surface area contributed by atoms with Gasteiger partial charge in [-0.1, -0.05) is 12.1 Å². The van der Waals surface area contributed by atoms with Crippen molar-refractivity contribution >= 4 is 17.5 Å². The standard InChI is InChI=1S/C20H20F5N3O2/c1-12(18(29)27-15-7-8-16(21)17(22)9-15)28(2)10-13-3-5-14(6-4-13)19(30)26-11-20(23,24)25/h3-9,12H,10-11H2,1-2H3,(H,26,30)(H,27,29)/t12-/m0/s1. The van der Waals surface area contributed by atoms with Gasteiger partial charge in [0.2, 0.25) is 5.91 Å². The molecule has 0 aromatic heterocycles. The van der Waals surface area contributed by atoms with Crippen molar-refractivity contribution in [1.29, 1.82) is 0 Å². The first-order valence-electron chi connectivity index (χ1n) is 8.86. The molecule has 2 amide bonds. The fourth-order valence-electron chi connectivity index (χ4n) is 2.49. The summed E-state index contributed by atoms with van der Waals surface area (Å²) in [6.07, 6.45) is -4.49. The van der Waals surface area contributed by atoms with E-state index in [2.05, 4.69) is 5.32 Å². The van der Waals surface area contributed by atoms with Crippen molar-refractivity contribution < 1.29 is 31.5 Å². The van der Waals surface area contributed by atoms with Gasteiger partial charge in [-0.2, -0.15) is 13.2 Å². The number of alkyl halides is 3. The number of amides is 2. The molecule has 0 aliphatic carbocycles. The smallest absolute Gasteiger partial charge is 0.343 e. The predicted octanol–water partition coefficient (Wildman–Crippen LogP) is 3.72. The lowest BCUT2D eigenvalue weighted by molar-refractivity contribution is -0.123. The minimum absolute atomic E-state index is 0.0785. The Morgan fingerprint density at radius 1 is 1.03 bits per heavy atom. The van der Waals surface area contributed by atoms with Crippen LogP contribution in [0.15, 0.2) is 42.5 Å². The molecule has 2 aromatic carbocycles. The van der Waals surface area contributed by atoms with Crippen LogP contribution in [0.2, 0.25) is 0 Å². The van der Waals surface area contributed by atoms with Gasteiger partial charge >= 0.3 is 6.18 Å². The van der Waals surface area contributed by atoms with Crippen LogP contribution in [0.5, 0.6) is 0 Å². The molecule has 0 saturated carbocycles. The Morgan fingerprint density at radius 2 is 1.67 bits per heavy atom. The molecule has 0 radical (unpaired) electrons. The van der Waals surface area contributed by atoms with Crippen molar-refractivity contribution in [2.24, 2.45) is 0 Å². The summed E-state index contributed by atoms with van der Waals surface area (Å²) < 4.78 is 62.7. The Kier molecular flexibility index (Phi) is 7.49. The zero-order chi connectivity index (χ0) is 22.5. The highest BCUT2D eigenvalue weighted by Crippen LogP contribution is 2.16. The van der Waals surface area contributed by atoms with E-state index < -0.39 is 42.2 Å². The molecule has 2 rings (SSSR count). The predicted molar refractivity (Wildman–Crippen MR) is 101 cm³/mol. The van der Waals surface area contributed by atoms with Crippen molar-refractivity contribution in [3.63, 3.8) is 0 Å². The Hall–Kier alpha value is -3.01. The van der Waals surface area contributed by atoms with Gasteiger partial charge in [0, 0.05) is 23.9 Å². The summed E-state index contributed by atoms with van der Waals surface area (Å²) in [5.41, 5.74) is 0.917. The van der Waals surface area contributed by atoms with Crippen LogP contribution in [0.3, 0.4) is 0 Å². The maximum absolute atomic E-state index is 13.3. The molecule has 30 heavy (non-hydrogen) atoms. The Bertz CT molecular complexity index is 900. The zero-order valence-corrected chi connectivity index (χ0v) is 16.2. The molecular weight excluding hydrogens is 409 g/mol. The number of nitrogens with one attached hydrogen (secondary N) is 2. The number of carbonyl (C=O) groups is 2. The lowest BCUT2D eigenvalue weighted by Gasteiger charge is -2.24. The number of carbonyl (C=O) groups excluding carboxylic acids is 2. The van der Waals surface area contributed by atoms with Crippen molar-refractivity contribution in [3.05, 3.63) is 65.2 Å². The van der Waals surface area contributed by atoms with Gasteiger partial charge in [0.1, 0.15) is 6.54 Å². The van der Waals surface area contributed by atoms with E-state index in [0.29, 0.717) is 6.54 Å². The number of nitrogens with zero attached hydrogens (tertiary/aromatic N) is 1. The molecule has 2 N–H and O–H groups in total. The highest BCUT2D eigenvalue weighted by atomic mass is 19.4. The van der Waals surface area contributed by atoms with E-state index in [1.54, 1.807) is 36.3 Å². The summed E-state index contributed by atoms with van der Waals surface area (Å²) in [4.78, 5) is 25.7. The van der Waals surface area contributed by atoms with E-state index in [9.17, 15) is 31.5 Å².